The lowest BCUT2D eigenvalue weighted by Gasteiger charge is -2.27. The summed E-state index contributed by atoms with van der Waals surface area (Å²) in [7, 11) is 3.43. The zero-order chi connectivity index (χ0) is 19.1. The van der Waals surface area contributed by atoms with Gasteiger partial charge in [0, 0.05) is 44.0 Å². The molecule has 0 radical (unpaired) electrons. The molecule has 2 aromatic rings. The molecular formula is C22H30N2O3. The standard InChI is InChI=1S/C22H30N2O3/c1-26-15-19-18(12-13-25)22(21(24-19)16-8-4-3-5-9-16)23-14-17-10-6-7-11-20(17)27-2/h3-11,18-19,21-25H,12-15H2,1-2H3. The molecule has 3 N–H and O–H groups in total. The van der Waals surface area contributed by atoms with Crippen LogP contribution in [0, 0.1) is 5.92 Å². The van der Waals surface area contributed by atoms with Crippen molar-refractivity contribution in [2.45, 2.75) is 31.1 Å². The van der Waals surface area contributed by atoms with Crippen molar-refractivity contribution >= 4 is 0 Å². The summed E-state index contributed by atoms with van der Waals surface area (Å²) in [4.78, 5) is 0. The van der Waals surface area contributed by atoms with Crippen LogP contribution in [-0.4, -0.2) is 44.6 Å². The van der Waals surface area contributed by atoms with E-state index in [4.69, 9.17) is 9.47 Å². The first-order valence-electron chi connectivity index (χ1n) is 9.54. The molecule has 1 aliphatic heterocycles. The first kappa shape index (κ1) is 19.8. The third kappa shape index (κ3) is 4.68. The fourth-order valence-corrected chi connectivity index (χ4v) is 4.15. The van der Waals surface area contributed by atoms with Crippen LogP contribution in [0.4, 0.5) is 0 Å². The number of para-hydroxylation sites is 1. The number of rotatable bonds is 9. The highest BCUT2D eigenvalue weighted by atomic mass is 16.5. The normalized spacial score (nSPS) is 24.9. The van der Waals surface area contributed by atoms with Gasteiger partial charge in [-0.05, 0) is 24.0 Å². The molecule has 2 aromatic carbocycles. The van der Waals surface area contributed by atoms with Crippen molar-refractivity contribution in [3.05, 3.63) is 65.7 Å². The lowest BCUT2D eigenvalue weighted by Crippen LogP contribution is -2.39. The number of aliphatic hydroxyl groups is 1. The average molecular weight is 370 g/mol. The molecule has 0 saturated carbocycles. The topological polar surface area (TPSA) is 62.8 Å². The van der Waals surface area contributed by atoms with E-state index in [1.165, 1.54) is 5.56 Å². The van der Waals surface area contributed by atoms with E-state index in [0.29, 0.717) is 13.2 Å². The summed E-state index contributed by atoms with van der Waals surface area (Å²) >= 11 is 0. The van der Waals surface area contributed by atoms with Gasteiger partial charge in [0.15, 0.2) is 0 Å². The molecular weight excluding hydrogens is 340 g/mol. The van der Waals surface area contributed by atoms with E-state index in [9.17, 15) is 5.11 Å². The molecule has 0 aromatic heterocycles. The summed E-state index contributed by atoms with van der Waals surface area (Å²) in [6.07, 6.45) is 0.730. The summed E-state index contributed by atoms with van der Waals surface area (Å²) in [6, 6.07) is 19.1. The maximum absolute atomic E-state index is 9.64. The first-order chi connectivity index (χ1) is 13.3. The highest BCUT2D eigenvalue weighted by Gasteiger charge is 2.42. The average Bonchev–Trinajstić information content (AvgIpc) is 3.05. The van der Waals surface area contributed by atoms with Crippen molar-refractivity contribution < 1.29 is 14.6 Å². The van der Waals surface area contributed by atoms with Crippen LogP contribution in [0.25, 0.3) is 0 Å². The Bertz CT molecular complexity index is 695. The molecule has 5 heteroatoms. The number of methoxy groups -OCH3 is 2. The fourth-order valence-electron chi connectivity index (χ4n) is 4.15. The Kier molecular flexibility index (Phi) is 7.24. The third-order valence-electron chi connectivity index (χ3n) is 5.42. The molecule has 5 nitrogen and oxygen atoms in total. The van der Waals surface area contributed by atoms with Crippen LogP contribution in [0.5, 0.6) is 5.75 Å². The van der Waals surface area contributed by atoms with Gasteiger partial charge in [0.1, 0.15) is 5.75 Å². The van der Waals surface area contributed by atoms with Crippen molar-refractivity contribution in [3.63, 3.8) is 0 Å². The van der Waals surface area contributed by atoms with Crippen LogP contribution in [-0.2, 0) is 11.3 Å². The molecule has 4 unspecified atom stereocenters. The summed E-state index contributed by atoms with van der Waals surface area (Å²) in [5.74, 6) is 1.16. The lowest BCUT2D eigenvalue weighted by molar-refractivity contribution is 0.141. The molecule has 0 bridgehead atoms. The largest absolute Gasteiger partial charge is 0.496 e. The number of hydrogen-bond donors (Lipinski definition) is 3. The molecule has 0 spiro atoms. The maximum Gasteiger partial charge on any atom is 0.123 e. The molecule has 0 amide bonds. The molecule has 146 valence electrons. The van der Waals surface area contributed by atoms with Gasteiger partial charge in [0.25, 0.3) is 0 Å². The van der Waals surface area contributed by atoms with Gasteiger partial charge >= 0.3 is 0 Å². The van der Waals surface area contributed by atoms with E-state index < -0.39 is 0 Å². The quantitative estimate of drug-likeness (QED) is 0.633. The molecule has 1 fully saturated rings. The van der Waals surface area contributed by atoms with Crippen LogP contribution < -0.4 is 15.4 Å². The Labute approximate surface area is 161 Å². The smallest absolute Gasteiger partial charge is 0.123 e. The van der Waals surface area contributed by atoms with Crippen molar-refractivity contribution in [2.75, 3.05) is 27.4 Å². The number of benzene rings is 2. The van der Waals surface area contributed by atoms with Crippen LogP contribution in [0.15, 0.2) is 54.6 Å². The molecule has 0 aliphatic carbocycles. The predicted molar refractivity (Wildman–Crippen MR) is 107 cm³/mol. The molecule has 3 rings (SSSR count). The number of aliphatic hydroxyl groups excluding tert-OH is 1. The summed E-state index contributed by atoms with van der Waals surface area (Å²) in [5.41, 5.74) is 2.38. The van der Waals surface area contributed by atoms with Crippen LogP contribution in [0.2, 0.25) is 0 Å². The minimum Gasteiger partial charge on any atom is -0.496 e. The Morgan fingerprint density at radius 3 is 2.48 bits per heavy atom. The van der Waals surface area contributed by atoms with E-state index >= 15 is 0 Å². The van der Waals surface area contributed by atoms with Crippen molar-refractivity contribution in [3.8, 4) is 5.75 Å². The fraction of sp³-hybridized carbons (Fsp3) is 0.455. The molecule has 1 saturated heterocycles. The minimum atomic E-state index is 0.164. The second kappa shape index (κ2) is 9.85. The van der Waals surface area contributed by atoms with Gasteiger partial charge in [-0.2, -0.15) is 0 Å². The Morgan fingerprint density at radius 1 is 1.04 bits per heavy atom. The highest BCUT2D eigenvalue weighted by Crippen LogP contribution is 2.34. The van der Waals surface area contributed by atoms with Crippen molar-refractivity contribution in [1.82, 2.24) is 10.6 Å². The summed E-state index contributed by atoms with van der Waals surface area (Å²) < 4.78 is 10.9. The maximum atomic E-state index is 9.64. The molecule has 4 atom stereocenters. The van der Waals surface area contributed by atoms with Gasteiger partial charge in [0.2, 0.25) is 0 Å². The monoisotopic (exact) mass is 370 g/mol. The van der Waals surface area contributed by atoms with E-state index in [0.717, 1.165) is 17.7 Å². The molecule has 27 heavy (non-hydrogen) atoms. The van der Waals surface area contributed by atoms with Crippen LogP contribution in [0.1, 0.15) is 23.6 Å². The second-order valence-corrected chi connectivity index (χ2v) is 7.01. The summed E-state index contributed by atoms with van der Waals surface area (Å²) in [6.45, 7) is 1.50. The van der Waals surface area contributed by atoms with Gasteiger partial charge < -0.3 is 25.2 Å². The van der Waals surface area contributed by atoms with Crippen molar-refractivity contribution in [1.29, 1.82) is 0 Å². The van der Waals surface area contributed by atoms with Gasteiger partial charge in [0.05, 0.1) is 13.7 Å². The van der Waals surface area contributed by atoms with Gasteiger partial charge in [-0.15, -0.1) is 0 Å². The van der Waals surface area contributed by atoms with Crippen LogP contribution >= 0.6 is 0 Å². The summed E-state index contributed by atoms with van der Waals surface area (Å²) in [5, 5.41) is 17.1. The minimum absolute atomic E-state index is 0.164. The van der Waals surface area contributed by atoms with E-state index in [-0.39, 0.29) is 30.7 Å². The Morgan fingerprint density at radius 2 is 1.78 bits per heavy atom. The second-order valence-electron chi connectivity index (χ2n) is 7.01. The van der Waals surface area contributed by atoms with Gasteiger partial charge in [-0.25, -0.2) is 0 Å². The number of hydrogen-bond acceptors (Lipinski definition) is 5. The van der Waals surface area contributed by atoms with Gasteiger partial charge in [-0.1, -0.05) is 48.5 Å². The predicted octanol–water partition coefficient (Wildman–Crippen LogP) is 2.51. The van der Waals surface area contributed by atoms with Crippen molar-refractivity contribution in [2.24, 2.45) is 5.92 Å². The molecule has 1 aliphatic rings. The van der Waals surface area contributed by atoms with Gasteiger partial charge in [-0.3, -0.25) is 0 Å². The van der Waals surface area contributed by atoms with E-state index in [2.05, 4.69) is 41.0 Å². The third-order valence-corrected chi connectivity index (χ3v) is 5.42. The van der Waals surface area contributed by atoms with E-state index in [1.807, 2.05) is 24.3 Å². The zero-order valence-corrected chi connectivity index (χ0v) is 16.1. The number of ether oxygens (including phenoxy) is 2. The zero-order valence-electron chi connectivity index (χ0n) is 16.1. The Balaban J connectivity index is 1.83. The lowest BCUT2D eigenvalue weighted by atomic mass is 9.88. The Hall–Kier alpha value is -1.92. The highest BCUT2D eigenvalue weighted by molar-refractivity contribution is 5.33. The van der Waals surface area contributed by atoms with Crippen LogP contribution in [0.3, 0.4) is 0 Å². The van der Waals surface area contributed by atoms with E-state index in [1.54, 1.807) is 14.2 Å². The number of nitrogens with one attached hydrogen (secondary N) is 2. The SMILES string of the molecule is COCC1NC(c2ccccc2)C(NCc2ccccc2OC)C1CCO. The molecule has 1 heterocycles. The first-order valence-corrected chi connectivity index (χ1v) is 9.54.